The van der Waals surface area contributed by atoms with Crippen LogP contribution in [0.2, 0.25) is 5.02 Å². The van der Waals surface area contributed by atoms with Crippen LogP contribution in [0, 0.1) is 11.7 Å². The van der Waals surface area contributed by atoms with E-state index in [4.69, 9.17) is 17.4 Å². The summed E-state index contributed by atoms with van der Waals surface area (Å²) in [6.07, 6.45) is 2.50. The van der Waals surface area contributed by atoms with Crippen LogP contribution in [0.15, 0.2) is 42.5 Å². The van der Waals surface area contributed by atoms with Crippen LogP contribution in [-0.4, -0.2) is 6.04 Å². The second kappa shape index (κ2) is 6.14. The fourth-order valence-electron chi connectivity index (χ4n) is 3.18. The first kappa shape index (κ1) is 14.5. The Morgan fingerprint density at radius 3 is 2.48 bits per heavy atom. The van der Waals surface area contributed by atoms with Gasteiger partial charge in [-0.3, -0.25) is 11.3 Å². The molecule has 0 radical (unpaired) electrons. The van der Waals surface area contributed by atoms with Crippen LogP contribution >= 0.6 is 11.6 Å². The summed E-state index contributed by atoms with van der Waals surface area (Å²) in [5, 5.41) is 0.553. The summed E-state index contributed by atoms with van der Waals surface area (Å²) in [6, 6.07) is 13.1. The molecule has 2 aromatic carbocycles. The maximum atomic E-state index is 13.9. The lowest BCUT2D eigenvalue weighted by Gasteiger charge is -2.23. The molecule has 110 valence electrons. The molecular weight excluding hydrogens is 287 g/mol. The summed E-state index contributed by atoms with van der Waals surface area (Å²) < 4.78 is 13.9. The molecule has 0 saturated carbocycles. The number of hydrazine groups is 1. The first-order chi connectivity index (χ1) is 10.2. The Hall–Kier alpha value is -1.42. The van der Waals surface area contributed by atoms with Gasteiger partial charge in [-0.25, -0.2) is 4.39 Å². The molecule has 0 spiro atoms. The Morgan fingerprint density at radius 2 is 1.86 bits per heavy atom. The molecule has 2 nitrogen and oxygen atoms in total. The van der Waals surface area contributed by atoms with Gasteiger partial charge >= 0.3 is 0 Å². The highest BCUT2D eigenvalue weighted by molar-refractivity contribution is 6.30. The monoisotopic (exact) mass is 304 g/mol. The molecular formula is C17H18ClFN2. The van der Waals surface area contributed by atoms with Crippen LogP contribution in [0.25, 0.3) is 0 Å². The normalized spacial score (nSPS) is 16.0. The second-order valence-electron chi connectivity index (χ2n) is 5.65. The van der Waals surface area contributed by atoms with Crippen LogP contribution in [0.3, 0.4) is 0 Å². The van der Waals surface area contributed by atoms with Gasteiger partial charge in [0.15, 0.2) is 0 Å². The third-order valence-electron chi connectivity index (χ3n) is 4.31. The third kappa shape index (κ3) is 3.10. The molecule has 2 aromatic rings. The van der Waals surface area contributed by atoms with Crippen molar-refractivity contribution >= 4 is 11.6 Å². The molecule has 1 unspecified atom stereocenters. The topological polar surface area (TPSA) is 38.0 Å². The minimum absolute atomic E-state index is 0.0327. The van der Waals surface area contributed by atoms with Crippen molar-refractivity contribution in [3.8, 4) is 0 Å². The van der Waals surface area contributed by atoms with Crippen molar-refractivity contribution in [1.82, 2.24) is 5.43 Å². The highest BCUT2D eigenvalue weighted by Crippen LogP contribution is 2.30. The number of halogens is 2. The average molecular weight is 305 g/mol. The largest absolute Gasteiger partial charge is 0.271 e. The number of nitrogens with two attached hydrogens (primary N) is 1. The van der Waals surface area contributed by atoms with Crippen LogP contribution in [0.1, 0.15) is 16.7 Å². The zero-order valence-corrected chi connectivity index (χ0v) is 12.4. The van der Waals surface area contributed by atoms with Gasteiger partial charge in [-0.05, 0) is 60.1 Å². The Balaban J connectivity index is 1.76. The van der Waals surface area contributed by atoms with Crippen molar-refractivity contribution in [2.75, 3.05) is 0 Å². The number of nitrogens with one attached hydrogen (secondary N) is 1. The van der Waals surface area contributed by atoms with E-state index in [-0.39, 0.29) is 11.9 Å². The third-order valence-corrected chi connectivity index (χ3v) is 4.55. The predicted octanol–water partition coefficient (Wildman–Crippen LogP) is 3.27. The maximum absolute atomic E-state index is 13.9. The lowest BCUT2D eigenvalue weighted by Crippen LogP contribution is -2.43. The van der Waals surface area contributed by atoms with Gasteiger partial charge in [-0.2, -0.15) is 0 Å². The van der Waals surface area contributed by atoms with Gasteiger partial charge in [0.05, 0.1) is 0 Å². The smallest absolute Gasteiger partial charge is 0.126 e. The minimum Gasteiger partial charge on any atom is -0.271 e. The molecule has 3 N–H and O–H groups in total. The van der Waals surface area contributed by atoms with Crippen molar-refractivity contribution in [3.05, 3.63) is 70.0 Å². The first-order valence-corrected chi connectivity index (χ1v) is 7.52. The summed E-state index contributed by atoms with van der Waals surface area (Å²) in [6.45, 7) is 0. The molecule has 4 heteroatoms. The van der Waals surface area contributed by atoms with E-state index in [9.17, 15) is 4.39 Å². The average Bonchev–Trinajstić information content (AvgIpc) is 2.91. The summed E-state index contributed by atoms with van der Waals surface area (Å²) in [5.74, 6) is 5.87. The van der Waals surface area contributed by atoms with E-state index in [2.05, 4.69) is 29.7 Å². The molecule has 0 aliphatic heterocycles. The molecule has 0 bridgehead atoms. The van der Waals surface area contributed by atoms with Gasteiger partial charge in [0, 0.05) is 11.1 Å². The van der Waals surface area contributed by atoms with Gasteiger partial charge in [0.25, 0.3) is 0 Å². The van der Waals surface area contributed by atoms with Crippen LogP contribution in [-0.2, 0) is 19.3 Å². The quantitative estimate of drug-likeness (QED) is 0.672. The van der Waals surface area contributed by atoms with Crippen LogP contribution < -0.4 is 11.3 Å². The van der Waals surface area contributed by atoms with Crippen molar-refractivity contribution in [1.29, 1.82) is 0 Å². The minimum atomic E-state index is -0.227. The van der Waals surface area contributed by atoms with Gasteiger partial charge in [0.2, 0.25) is 0 Å². The lowest BCUT2D eigenvalue weighted by atomic mass is 9.91. The zero-order chi connectivity index (χ0) is 14.8. The van der Waals surface area contributed by atoms with Gasteiger partial charge < -0.3 is 0 Å². The highest BCUT2D eigenvalue weighted by Gasteiger charge is 2.28. The SMILES string of the molecule is NNC(Cc1cc(Cl)ccc1F)C1Cc2ccccc2C1. The molecule has 1 aliphatic carbocycles. The molecule has 1 atom stereocenters. The molecule has 0 fully saturated rings. The molecule has 3 rings (SSSR count). The first-order valence-electron chi connectivity index (χ1n) is 7.14. The fourth-order valence-corrected chi connectivity index (χ4v) is 3.37. The Bertz CT molecular complexity index is 619. The number of fused-ring (bicyclic) bond motifs is 1. The van der Waals surface area contributed by atoms with E-state index < -0.39 is 0 Å². The van der Waals surface area contributed by atoms with Gasteiger partial charge in [-0.15, -0.1) is 0 Å². The van der Waals surface area contributed by atoms with Crippen molar-refractivity contribution < 1.29 is 4.39 Å². The van der Waals surface area contributed by atoms with Gasteiger partial charge in [-0.1, -0.05) is 35.9 Å². The van der Waals surface area contributed by atoms with Crippen molar-refractivity contribution in [2.24, 2.45) is 11.8 Å². The number of benzene rings is 2. The van der Waals surface area contributed by atoms with E-state index in [1.54, 1.807) is 12.1 Å². The van der Waals surface area contributed by atoms with Crippen molar-refractivity contribution in [2.45, 2.75) is 25.3 Å². The predicted molar refractivity (Wildman–Crippen MR) is 83.6 cm³/mol. The van der Waals surface area contributed by atoms with Gasteiger partial charge in [0.1, 0.15) is 5.82 Å². The summed E-state index contributed by atoms with van der Waals surface area (Å²) in [5.41, 5.74) is 6.22. The number of rotatable bonds is 4. The van der Waals surface area contributed by atoms with E-state index in [0.29, 0.717) is 22.9 Å². The van der Waals surface area contributed by atoms with E-state index in [1.807, 2.05) is 0 Å². The fraction of sp³-hybridized carbons (Fsp3) is 0.294. The standard InChI is InChI=1S/C17H18ClFN2/c18-15-5-6-16(19)13(9-15)10-17(21-20)14-7-11-3-1-2-4-12(11)8-14/h1-6,9,14,17,21H,7-8,10,20H2. The van der Waals surface area contributed by atoms with E-state index in [0.717, 1.165) is 12.8 Å². The number of hydrogen-bond acceptors (Lipinski definition) is 2. The molecule has 0 amide bonds. The second-order valence-corrected chi connectivity index (χ2v) is 6.09. The summed E-state index contributed by atoms with van der Waals surface area (Å²) >= 11 is 5.96. The Labute approximate surface area is 129 Å². The molecule has 0 heterocycles. The van der Waals surface area contributed by atoms with Crippen LogP contribution in [0.5, 0.6) is 0 Å². The molecule has 0 saturated heterocycles. The van der Waals surface area contributed by atoms with Crippen LogP contribution in [0.4, 0.5) is 4.39 Å². The molecule has 1 aliphatic rings. The lowest BCUT2D eigenvalue weighted by molar-refractivity contribution is 0.363. The molecule has 0 aromatic heterocycles. The van der Waals surface area contributed by atoms with E-state index >= 15 is 0 Å². The highest BCUT2D eigenvalue weighted by atomic mass is 35.5. The summed E-state index contributed by atoms with van der Waals surface area (Å²) in [4.78, 5) is 0. The van der Waals surface area contributed by atoms with E-state index in [1.165, 1.54) is 17.2 Å². The van der Waals surface area contributed by atoms with Crippen molar-refractivity contribution in [3.63, 3.8) is 0 Å². The molecule has 21 heavy (non-hydrogen) atoms. The Kier molecular flexibility index (Phi) is 4.24. The summed E-state index contributed by atoms with van der Waals surface area (Å²) in [7, 11) is 0. The number of hydrogen-bond donors (Lipinski definition) is 2. The Morgan fingerprint density at radius 1 is 1.19 bits per heavy atom. The maximum Gasteiger partial charge on any atom is 0.126 e. The zero-order valence-electron chi connectivity index (χ0n) is 11.7.